The van der Waals surface area contributed by atoms with Gasteiger partial charge in [-0.05, 0) is 32.6 Å². The lowest BCUT2D eigenvalue weighted by atomic mass is 9.99. The molecule has 1 aliphatic rings. The Morgan fingerprint density at radius 2 is 1.95 bits per heavy atom. The summed E-state index contributed by atoms with van der Waals surface area (Å²) in [6.07, 6.45) is 4.42. The van der Waals surface area contributed by atoms with Gasteiger partial charge in [0.05, 0.1) is 11.4 Å². The Hall–Kier alpha value is -0.630. The van der Waals surface area contributed by atoms with Crippen LogP contribution in [0, 0.1) is 19.8 Å². The maximum Gasteiger partial charge on any atom is 0.244 e. The van der Waals surface area contributed by atoms with Crippen molar-refractivity contribution < 1.29 is 8.42 Å². The summed E-state index contributed by atoms with van der Waals surface area (Å²) >= 11 is 0. The van der Waals surface area contributed by atoms with Crippen LogP contribution >= 0.6 is 12.4 Å². The smallest absolute Gasteiger partial charge is 0.244 e. The van der Waals surface area contributed by atoms with Gasteiger partial charge in [-0.2, -0.15) is 5.10 Å². The number of aryl methyl sites for hydroxylation is 2. The summed E-state index contributed by atoms with van der Waals surface area (Å²) in [5.41, 5.74) is 6.95. The maximum atomic E-state index is 12.6. The molecule has 0 spiro atoms. The Kier molecular flexibility index (Phi) is 6.22. The maximum absolute atomic E-state index is 12.6. The van der Waals surface area contributed by atoms with Crippen molar-refractivity contribution in [3.05, 3.63) is 11.4 Å². The summed E-state index contributed by atoms with van der Waals surface area (Å²) in [4.78, 5) is 0.288. The van der Waals surface area contributed by atoms with Crippen molar-refractivity contribution in [2.45, 2.75) is 50.5 Å². The second-order valence-corrected chi connectivity index (χ2v) is 7.28. The quantitative estimate of drug-likeness (QED) is 0.846. The highest BCUT2D eigenvalue weighted by Gasteiger charge is 2.31. The first-order valence-corrected chi connectivity index (χ1v) is 8.57. The van der Waals surface area contributed by atoms with Gasteiger partial charge in [0, 0.05) is 19.6 Å². The minimum atomic E-state index is -3.56. The molecule has 0 bridgehead atoms. The summed E-state index contributed by atoms with van der Waals surface area (Å²) in [7, 11) is -1.81. The number of hydrogen-bond donors (Lipinski definition) is 2. The fourth-order valence-electron chi connectivity index (χ4n) is 3.10. The highest BCUT2D eigenvalue weighted by atomic mass is 35.5. The van der Waals surface area contributed by atoms with E-state index in [1.807, 2.05) is 0 Å². The van der Waals surface area contributed by atoms with E-state index in [0.717, 1.165) is 25.7 Å². The SMILES string of the molecule is Cc1nn(C)c(C)c1S(=O)(=O)NC(CN)C1CCCC1.Cl. The number of nitrogens with zero attached hydrogens (tertiary/aromatic N) is 2. The van der Waals surface area contributed by atoms with Crippen LogP contribution in [0.15, 0.2) is 4.90 Å². The van der Waals surface area contributed by atoms with Crippen molar-refractivity contribution in [3.8, 4) is 0 Å². The average molecular weight is 337 g/mol. The largest absolute Gasteiger partial charge is 0.329 e. The van der Waals surface area contributed by atoms with Crippen LogP contribution in [0.3, 0.4) is 0 Å². The van der Waals surface area contributed by atoms with Crippen LogP contribution in [-0.4, -0.2) is 30.8 Å². The lowest BCUT2D eigenvalue weighted by Gasteiger charge is -2.23. The summed E-state index contributed by atoms with van der Waals surface area (Å²) in [5.74, 6) is 0.354. The zero-order valence-corrected chi connectivity index (χ0v) is 14.4. The zero-order valence-electron chi connectivity index (χ0n) is 12.8. The number of rotatable bonds is 5. The number of sulfonamides is 1. The van der Waals surface area contributed by atoms with E-state index in [1.165, 1.54) is 0 Å². The first-order chi connectivity index (χ1) is 9.36. The molecule has 0 aromatic carbocycles. The Morgan fingerprint density at radius 3 is 2.38 bits per heavy atom. The zero-order chi connectivity index (χ0) is 14.9. The Bertz CT molecular complexity index is 579. The van der Waals surface area contributed by atoms with Gasteiger partial charge in [0.1, 0.15) is 4.90 Å². The van der Waals surface area contributed by atoms with E-state index in [-0.39, 0.29) is 23.3 Å². The number of nitrogens with one attached hydrogen (secondary N) is 1. The summed E-state index contributed by atoms with van der Waals surface area (Å²) in [6.45, 7) is 3.82. The van der Waals surface area contributed by atoms with Crippen molar-refractivity contribution in [1.82, 2.24) is 14.5 Å². The fraction of sp³-hybridized carbons (Fsp3) is 0.769. The Morgan fingerprint density at radius 1 is 1.38 bits per heavy atom. The lowest BCUT2D eigenvalue weighted by molar-refractivity contribution is 0.405. The minimum absolute atomic E-state index is 0. The molecule has 8 heteroatoms. The Balaban J connectivity index is 0.00000220. The molecule has 3 N–H and O–H groups in total. The van der Waals surface area contributed by atoms with E-state index in [1.54, 1.807) is 25.6 Å². The van der Waals surface area contributed by atoms with Crippen molar-refractivity contribution in [2.24, 2.45) is 18.7 Å². The first-order valence-electron chi connectivity index (χ1n) is 7.09. The number of halogens is 1. The molecule has 1 heterocycles. The molecular formula is C13H25ClN4O2S. The molecule has 1 aromatic rings. The van der Waals surface area contributed by atoms with Gasteiger partial charge in [-0.1, -0.05) is 12.8 Å². The standard InChI is InChI=1S/C13H24N4O2S.ClH/c1-9-13(10(2)17(3)15-9)20(18,19)16-12(8-14)11-6-4-5-7-11;/h11-12,16H,4-8,14H2,1-3H3;1H. The highest BCUT2D eigenvalue weighted by Crippen LogP contribution is 2.28. The van der Waals surface area contributed by atoms with E-state index in [4.69, 9.17) is 5.73 Å². The van der Waals surface area contributed by atoms with Crippen molar-refractivity contribution in [2.75, 3.05) is 6.54 Å². The first kappa shape index (κ1) is 18.4. The van der Waals surface area contributed by atoms with Crippen molar-refractivity contribution in [1.29, 1.82) is 0 Å². The van der Waals surface area contributed by atoms with Crippen LogP contribution in [-0.2, 0) is 17.1 Å². The van der Waals surface area contributed by atoms with Gasteiger partial charge in [0.25, 0.3) is 0 Å². The second-order valence-electron chi connectivity index (χ2n) is 5.63. The number of nitrogens with two attached hydrogens (primary N) is 1. The van der Waals surface area contributed by atoms with Crippen LogP contribution in [0.4, 0.5) is 0 Å². The van der Waals surface area contributed by atoms with Gasteiger partial charge >= 0.3 is 0 Å². The van der Waals surface area contributed by atoms with E-state index in [9.17, 15) is 8.42 Å². The molecule has 2 rings (SSSR count). The molecule has 0 radical (unpaired) electrons. The molecule has 122 valence electrons. The van der Waals surface area contributed by atoms with Crippen LogP contribution < -0.4 is 10.5 Å². The van der Waals surface area contributed by atoms with E-state index in [0.29, 0.717) is 23.9 Å². The molecule has 21 heavy (non-hydrogen) atoms. The molecule has 1 saturated carbocycles. The molecule has 6 nitrogen and oxygen atoms in total. The predicted octanol–water partition coefficient (Wildman–Crippen LogP) is 1.25. The van der Waals surface area contributed by atoms with E-state index < -0.39 is 10.0 Å². The lowest BCUT2D eigenvalue weighted by Crippen LogP contribution is -2.44. The van der Waals surface area contributed by atoms with E-state index in [2.05, 4.69) is 9.82 Å². The van der Waals surface area contributed by atoms with Gasteiger partial charge in [0.2, 0.25) is 10.0 Å². The molecule has 0 amide bonds. The second kappa shape index (κ2) is 7.09. The van der Waals surface area contributed by atoms with Crippen molar-refractivity contribution >= 4 is 22.4 Å². The Labute approximate surface area is 132 Å². The molecule has 1 aliphatic carbocycles. The van der Waals surface area contributed by atoms with Gasteiger partial charge in [-0.25, -0.2) is 13.1 Å². The third kappa shape index (κ3) is 3.77. The van der Waals surface area contributed by atoms with Crippen LogP contribution in [0.5, 0.6) is 0 Å². The van der Waals surface area contributed by atoms with Crippen LogP contribution in [0.25, 0.3) is 0 Å². The summed E-state index contributed by atoms with van der Waals surface area (Å²) in [6, 6.07) is -0.179. The topological polar surface area (TPSA) is 90.0 Å². The summed E-state index contributed by atoms with van der Waals surface area (Å²) in [5, 5.41) is 4.17. The third-order valence-electron chi connectivity index (χ3n) is 4.24. The summed E-state index contributed by atoms with van der Waals surface area (Å²) < 4.78 is 29.6. The number of aromatic nitrogens is 2. The van der Waals surface area contributed by atoms with Crippen LogP contribution in [0.1, 0.15) is 37.1 Å². The molecule has 1 atom stereocenters. The molecule has 1 unspecified atom stereocenters. The molecule has 1 fully saturated rings. The normalized spacial score (nSPS) is 17.7. The monoisotopic (exact) mass is 336 g/mol. The number of hydrogen-bond acceptors (Lipinski definition) is 4. The fourth-order valence-corrected chi connectivity index (χ4v) is 4.85. The molecule has 0 saturated heterocycles. The van der Waals surface area contributed by atoms with Gasteiger partial charge in [0.15, 0.2) is 0 Å². The third-order valence-corrected chi connectivity index (χ3v) is 5.98. The molecule has 0 aliphatic heterocycles. The minimum Gasteiger partial charge on any atom is -0.329 e. The van der Waals surface area contributed by atoms with Gasteiger partial charge in [-0.3, -0.25) is 4.68 Å². The highest BCUT2D eigenvalue weighted by molar-refractivity contribution is 7.89. The van der Waals surface area contributed by atoms with Gasteiger partial charge in [-0.15, -0.1) is 12.4 Å². The average Bonchev–Trinajstić information content (AvgIpc) is 2.96. The van der Waals surface area contributed by atoms with Gasteiger partial charge < -0.3 is 5.73 Å². The predicted molar refractivity (Wildman–Crippen MR) is 85.1 cm³/mol. The van der Waals surface area contributed by atoms with Crippen molar-refractivity contribution in [3.63, 3.8) is 0 Å². The van der Waals surface area contributed by atoms with E-state index >= 15 is 0 Å². The van der Waals surface area contributed by atoms with Crippen LogP contribution in [0.2, 0.25) is 0 Å². The molecular weight excluding hydrogens is 312 g/mol. The molecule has 1 aromatic heterocycles.